The highest BCUT2D eigenvalue weighted by molar-refractivity contribution is 5.27. The van der Waals surface area contributed by atoms with Crippen LogP contribution in [0.2, 0.25) is 0 Å². The van der Waals surface area contributed by atoms with Crippen LogP contribution in [-0.2, 0) is 17.3 Å². The van der Waals surface area contributed by atoms with Gasteiger partial charge in [0.15, 0.2) is 0 Å². The van der Waals surface area contributed by atoms with Crippen LogP contribution in [0.4, 0.5) is 13.2 Å². The van der Waals surface area contributed by atoms with Gasteiger partial charge in [0.25, 0.3) is 0 Å². The van der Waals surface area contributed by atoms with Crippen LogP contribution in [0.15, 0.2) is 18.5 Å². The first-order valence-electron chi connectivity index (χ1n) is 4.19. The van der Waals surface area contributed by atoms with Gasteiger partial charge >= 0.3 is 6.18 Å². The second-order valence-corrected chi connectivity index (χ2v) is 3.19. The van der Waals surface area contributed by atoms with Crippen LogP contribution in [0.5, 0.6) is 0 Å². The molecular formula is C9H8F3NO. The third-order valence-corrected chi connectivity index (χ3v) is 2.07. The molecule has 1 aliphatic heterocycles. The number of ether oxygens (including phenoxy) is 1. The van der Waals surface area contributed by atoms with E-state index < -0.39 is 11.7 Å². The summed E-state index contributed by atoms with van der Waals surface area (Å²) in [6.07, 6.45) is -1.82. The lowest BCUT2D eigenvalue weighted by Crippen LogP contribution is -2.11. The molecule has 1 unspecified atom stereocenters. The van der Waals surface area contributed by atoms with E-state index in [1.54, 1.807) is 0 Å². The monoisotopic (exact) mass is 203 g/mol. The number of nitrogens with zero attached hydrogens (tertiary/aromatic N) is 1. The maximum Gasteiger partial charge on any atom is 0.418 e. The lowest BCUT2D eigenvalue weighted by Gasteiger charge is -2.10. The molecule has 1 saturated heterocycles. The zero-order valence-corrected chi connectivity index (χ0v) is 7.21. The van der Waals surface area contributed by atoms with E-state index in [1.807, 2.05) is 0 Å². The molecule has 0 saturated carbocycles. The van der Waals surface area contributed by atoms with Gasteiger partial charge in [-0.25, -0.2) is 0 Å². The molecule has 1 aromatic heterocycles. The van der Waals surface area contributed by atoms with E-state index >= 15 is 0 Å². The van der Waals surface area contributed by atoms with Crippen molar-refractivity contribution in [3.8, 4) is 0 Å². The van der Waals surface area contributed by atoms with Crippen LogP contribution in [-0.4, -0.2) is 17.7 Å². The average Bonchev–Trinajstić information content (AvgIpc) is 2.87. The molecule has 1 aromatic rings. The molecule has 0 spiro atoms. The average molecular weight is 203 g/mol. The number of rotatable bonds is 2. The predicted molar refractivity (Wildman–Crippen MR) is 42.7 cm³/mol. The lowest BCUT2D eigenvalue weighted by molar-refractivity contribution is -0.138. The van der Waals surface area contributed by atoms with Crippen LogP contribution >= 0.6 is 0 Å². The number of hydrogen-bond acceptors (Lipinski definition) is 2. The van der Waals surface area contributed by atoms with Crippen molar-refractivity contribution < 1.29 is 17.9 Å². The molecule has 0 radical (unpaired) electrons. The molecule has 2 heterocycles. The molecule has 1 aliphatic rings. The molecule has 0 aromatic carbocycles. The fraction of sp³-hybridized carbons (Fsp3) is 0.444. The van der Waals surface area contributed by atoms with Crippen LogP contribution in [0.25, 0.3) is 0 Å². The number of halogens is 3. The summed E-state index contributed by atoms with van der Waals surface area (Å²) in [7, 11) is 0. The summed E-state index contributed by atoms with van der Waals surface area (Å²) in [5.41, 5.74) is -0.398. The normalized spacial score (nSPS) is 20.9. The molecule has 5 heteroatoms. The molecule has 1 fully saturated rings. The lowest BCUT2D eigenvalue weighted by atomic mass is 10.1. The summed E-state index contributed by atoms with van der Waals surface area (Å²) >= 11 is 0. The minimum absolute atomic E-state index is 0.0431. The van der Waals surface area contributed by atoms with Gasteiger partial charge in [0.2, 0.25) is 0 Å². The highest BCUT2D eigenvalue weighted by Gasteiger charge is 2.35. The summed E-state index contributed by atoms with van der Waals surface area (Å²) in [6, 6.07) is 1.39. The Balaban J connectivity index is 2.27. The molecule has 76 valence electrons. The van der Waals surface area contributed by atoms with Gasteiger partial charge in [-0.2, -0.15) is 13.2 Å². The Hall–Kier alpha value is -1.10. The molecule has 2 rings (SSSR count). The Kier molecular flexibility index (Phi) is 2.19. The van der Waals surface area contributed by atoms with Gasteiger partial charge in [-0.15, -0.1) is 0 Å². The summed E-state index contributed by atoms with van der Waals surface area (Å²) < 4.78 is 42.2. The Morgan fingerprint density at radius 3 is 2.79 bits per heavy atom. The van der Waals surface area contributed by atoms with Gasteiger partial charge < -0.3 is 4.74 Å². The van der Waals surface area contributed by atoms with Crippen molar-refractivity contribution in [3.63, 3.8) is 0 Å². The van der Waals surface area contributed by atoms with E-state index in [1.165, 1.54) is 12.3 Å². The summed E-state index contributed by atoms with van der Waals surface area (Å²) in [4.78, 5) is 3.48. The van der Waals surface area contributed by atoms with E-state index in [9.17, 15) is 13.2 Å². The van der Waals surface area contributed by atoms with Crippen LogP contribution < -0.4 is 0 Å². The van der Waals surface area contributed by atoms with E-state index in [0.29, 0.717) is 13.0 Å². The topological polar surface area (TPSA) is 25.4 Å². The standard InChI is InChI=1S/C9H8F3NO/c10-9(11,12)8-4-13-2-1-6(8)3-7-5-14-7/h1-2,4,7H,3,5H2. The van der Waals surface area contributed by atoms with Gasteiger partial charge in [0.1, 0.15) is 0 Å². The molecule has 1 atom stereocenters. The zero-order chi connectivity index (χ0) is 10.2. The fourth-order valence-electron chi connectivity index (χ4n) is 1.29. The molecule has 0 amide bonds. The molecule has 0 bridgehead atoms. The molecule has 2 nitrogen and oxygen atoms in total. The Morgan fingerprint density at radius 1 is 1.50 bits per heavy atom. The molecule has 0 N–H and O–H groups in total. The second-order valence-electron chi connectivity index (χ2n) is 3.19. The quantitative estimate of drug-likeness (QED) is 0.687. The van der Waals surface area contributed by atoms with E-state index in [0.717, 1.165) is 6.20 Å². The van der Waals surface area contributed by atoms with Crippen molar-refractivity contribution >= 4 is 0 Å². The molecular weight excluding hydrogens is 195 g/mol. The maximum atomic E-state index is 12.4. The van der Waals surface area contributed by atoms with Gasteiger partial charge in [-0.05, 0) is 11.6 Å². The first-order valence-corrected chi connectivity index (χ1v) is 4.19. The number of epoxide rings is 1. The van der Waals surface area contributed by atoms with Crippen molar-refractivity contribution in [2.45, 2.75) is 18.7 Å². The van der Waals surface area contributed by atoms with Gasteiger partial charge in [0, 0.05) is 18.8 Å². The highest BCUT2D eigenvalue weighted by Crippen LogP contribution is 2.32. The number of pyridine rings is 1. The first-order chi connectivity index (χ1) is 6.57. The smallest absolute Gasteiger partial charge is 0.373 e. The summed E-state index contributed by atoms with van der Waals surface area (Å²) in [5.74, 6) is 0. The minimum Gasteiger partial charge on any atom is -0.373 e. The maximum absolute atomic E-state index is 12.4. The van der Waals surface area contributed by atoms with E-state index in [-0.39, 0.29) is 11.7 Å². The van der Waals surface area contributed by atoms with Gasteiger partial charge in [-0.3, -0.25) is 4.98 Å². The third-order valence-electron chi connectivity index (χ3n) is 2.07. The third kappa shape index (κ3) is 2.04. The Bertz CT molecular complexity index is 333. The number of hydrogen-bond donors (Lipinski definition) is 0. The first kappa shape index (κ1) is 9.45. The van der Waals surface area contributed by atoms with Crippen molar-refractivity contribution in [2.24, 2.45) is 0 Å². The van der Waals surface area contributed by atoms with Gasteiger partial charge in [0.05, 0.1) is 18.3 Å². The van der Waals surface area contributed by atoms with Crippen molar-refractivity contribution in [1.29, 1.82) is 0 Å². The van der Waals surface area contributed by atoms with Crippen molar-refractivity contribution in [2.75, 3.05) is 6.61 Å². The largest absolute Gasteiger partial charge is 0.418 e. The zero-order valence-electron chi connectivity index (χ0n) is 7.21. The molecule has 0 aliphatic carbocycles. The van der Waals surface area contributed by atoms with E-state index in [2.05, 4.69) is 4.98 Å². The number of aromatic nitrogens is 1. The summed E-state index contributed by atoms with van der Waals surface area (Å²) in [5, 5.41) is 0. The number of alkyl halides is 3. The fourth-order valence-corrected chi connectivity index (χ4v) is 1.29. The highest BCUT2D eigenvalue weighted by atomic mass is 19.4. The van der Waals surface area contributed by atoms with E-state index in [4.69, 9.17) is 4.74 Å². The van der Waals surface area contributed by atoms with Gasteiger partial charge in [-0.1, -0.05) is 0 Å². The van der Waals surface area contributed by atoms with Crippen molar-refractivity contribution in [1.82, 2.24) is 4.98 Å². The Labute approximate surface area is 78.7 Å². The minimum atomic E-state index is -4.32. The van der Waals surface area contributed by atoms with Crippen LogP contribution in [0.3, 0.4) is 0 Å². The molecule has 14 heavy (non-hydrogen) atoms. The Morgan fingerprint density at radius 2 is 2.21 bits per heavy atom. The SMILES string of the molecule is FC(F)(F)c1cnccc1CC1CO1. The predicted octanol–water partition coefficient (Wildman–Crippen LogP) is 2.04. The second kappa shape index (κ2) is 3.24. The van der Waals surface area contributed by atoms with Crippen LogP contribution in [0.1, 0.15) is 11.1 Å². The van der Waals surface area contributed by atoms with Crippen LogP contribution in [0, 0.1) is 0 Å². The summed E-state index contributed by atoms with van der Waals surface area (Å²) in [6.45, 7) is 0.555. The van der Waals surface area contributed by atoms with Crippen molar-refractivity contribution in [3.05, 3.63) is 29.6 Å².